The standard InChI is InChI=1S/C24H37ClN4O6S2/c1-5-17(2)22(24(32)27-11-13-35-14-12-27)28-10-8-19(23(28)31)29(16-21(30)26(3)4)37(33,34)15-9-18-6-7-20(25)36-18/h6-7,17,19,22H,5,8-16H2,1-4H3/t17-,19-,22-/m0/s1. The molecule has 2 saturated heterocycles. The minimum Gasteiger partial charge on any atom is -0.378 e. The molecule has 3 rings (SSSR count). The molecule has 0 radical (unpaired) electrons. The van der Waals surface area contributed by atoms with E-state index in [2.05, 4.69) is 0 Å². The van der Waals surface area contributed by atoms with Crippen LogP contribution in [0.3, 0.4) is 0 Å². The highest BCUT2D eigenvalue weighted by Crippen LogP contribution is 2.28. The Kier molecular flexibility index (Phi) is 10.4. The molecule has 2 aliphatic rings. The quantitative estimate of drug-likeness (QED) is 0.395. The van der Waals surface area contributed by atoms with Crippen LogP contribution in [-0.2, 0) is 35.6 Å². The Morgan fingerprint density at radius 3 is 2.46 bits per heavy atom. The maximum atomic E-state index is 13.8. The van der Waals surface area contributed by atoms with Crippen LogP contribution in [0.1, 0.15) is 31.6 Å². The van der Waals surface area contributed by atoms with Crippen molar-refractivity contribution in [3.8, 4) is 0 Å². The summed E-state index contributed by atoms with van der Waals surface area (Å²) in [4.78, 5) is 45.3. The van der Waals surface area contributed by atoms with E-state index < -0.39 is 40.5 Å². The number of thiophene rings is 1. The number of likely N-dealkylation sites (tertiary alicyclic amines) is 1. The second-order valence-corrected chi connectivity index (χ2v) is 13.6. The molecule has 0 bridgehead atoms. The molecule has 0 aromatic carbocycles. The molecule has 1 aromatic rings. The van der Waals surface area contributed by atoms with Crippen LogP contribution in [0.2, 0.25) is 4.34 Å². The van der Waals surface area contributed by atoms with Gasteiger partial charge in [-0.3, -0.25) is 14.4 Å². The number of carbonyl (C=O) groups excluding carboxylic acids is 3. The number of morpholine rings is 1. The van der Waals surface area contributed by atoms with Crippen LogP contribution in [0.5, 0.6) is 0 Å². The Hall–Kier alpha value is -1.73. The highest BCUT2D eigenvalue weighted by atomic mass is 35.5. The normalized spacial score (nSPS) is 20.4. The van der Waals surface area contributed by atoms with Gasteiger partial charge in [0.05, 0.1) is 29.8 Å². The predicted octanol–water partition coefficient (Wildman–Crippen LogP) is 1.54. The van der Waals surface area contributed by atoms with E-state index in [0.717, 1.165) is 9.18 Å². The van der Waals surface area contributed by atoms with Gasteiger partial charge in [-0.05, 0) is 30.9 Å². The molecular weight excluding hydrogens is 540 g/mol. The van der Waals surface area contributed by atoms with Gasteiger partial charge in [0, 0.05) is 38.6 Å². The van der Waals surface area contributed by atoms with Gasteiger partial charge in [-0.2, -0.15) is 4.31 Å². The van der Waals surface area contributed by atoms with E-state index in [4.69, 9.17) is 16.3 Å². The van der Waals surface area contributed by atoms with Crippen LogP contribution in [0.15, 0.2) is 12.1 Å². The van der Waals surface area contributed by atoms with Crippen molar-refractivity contribution in [2.75, 3.05) is 59.2 Å². The van der Waals surface area contributed by atoms with Gasteiger partial charge < -0.3 is 19.4 Å². The summed E-state index contributed by atoms with van der Waals surface area (Å²) in [5, 5.41) is 0. The first-order valence-corrected chi connectivity index (χ1v) is 15.4. The van der Waals surface area contributed by atoms with E-state index in [1.165, 1.54) is 21.1 Å². The number of ether oxygens (including phenoxy) is 1. The van der Waals surface area contributed by atoms with Crippen LogP contribution < -0.4 is 0 Å². The third kappa shape index (κ3) is 7.23. The molecule has 10 nitrogen and oxygen atoms in total. The minimum absolute atomic E-state index is 0.116. The Morgan fingerprint density at radius 1 is 1.22 bits per heavy atom. The number of halogens is 1. The maximum absolute atomic E-state index is 13.8. The predicted molar refractivity (Wildman–Crippen MR) is 143 cm³/mol. The smallest absolute Gasteiger partial charge is 0.245 e. The van der Waals surface area contributed by atoms with Crippen molar-refractivity contribution >= 4 is 50.7 Å². The number of hydrogen-bond acceptors (Lipinski definition) is 7. The molecule has 0 saturated carbocycles. The van der Waals surface area contributed by atoms with Gasteiger partial charge in [-0.15, -0.1) is 11.3 Å². The van der Waals surface area contributed by atoms with E-state index in [0.29, 0.717) is 37.1 Å². The molecule has 208 valence electrons. The van der Waals surface area contributed by atoms with Crippen molar-refractivity contribution in [3.05, 3.63) is 21.3 Å². The lowest BCUT2D eigenvalue weighted by atomic mass is 9.96. The Morgan fingerprint density at radius 2 is 1.89 bits per heavy atom. The molecule has 0 spiro atoms. The zero-order valence-electron chi connectivity index (χ0n) is 21.9. The number of sulfonamides is 1. The van der Waals surface area contributed by atoms with Crippen LogP contribution in [0.4, 0.5) is 0 Å². The summed E-state index contributed by atoms with van der Waals surface area (Å²) in [5.41, 5.74) is 0. The summed E-state index contributed by atoms with van der Waals surface area (Å²) < 4.78 is 34.0. The van der Waals surface area contributed by atoms with Crippen molar-refractivity contribution < 1.29 is 27.5 Å². The van der Waals surface area contributed by atoms with Gasteiger partial charge in [-0.1, -0.05) is 31.9 Å². The van der Waals surface area contributed by atoms with E-state index in [-0.39, 0.29) is 37.0 Å². The second-order valence-electron chi connectivity index (χ2n) is 9.71. The summed E-state index contributed by atoms with van der Waals surface area (Å²) in [6.07, 6.45) is 1.12. The van der Waals surface area contributed by atoms with E-state index in [9.17, 15) is 22.8 Å². The van der Waals surface area contributed by atoms with E-state index in [1.54, 1.807) is 31.1 Å². The third-order valence-electron chi connectivity index (χ3n) is 7.04. The summed E-state index contributed by atoms with van der Waals surface area (Å²) in [7, 11) is -0.892. The Balaban J connectivity index is 1.85. The average molecular weight is 577 g/mol. The second kappa shape index (κ2) is 12.9. The summed E-state index contributed by atoms with van der Waals surface area (Å²) >= 11 is 7.28. The zero-order chi connectivity index (χ0) is 27.3. The lowest BCUT2D eigenvalue weighted by Crippen LogP contribution is -2.56. The molecule has 0 unspecified atom stereocenters. The largest absolute Gasteiger partial charge is 0.378 e. The summed E-state index contributed by atoms with van der Waals surface area (Å²) in [6, 6.07) is 1.75. The summed E-state index contributed by atoms with van der Waals surface area (Å²) in [6.45, 7) is 5.52. The molecule has 2 aliphatic heterocycles. The Bertz CT molecular complexity index is 1070. The first-order valence-electron chi connectivity index (χ1n) is 12.6. The maximum Gasteiger partial charge on any atom is 0.245 e. The zero-order valence-corrected chi connectivity index (χ0v) is 24.3. The average Bonchev–Trinajstić information content (AvgIpc) is 3.46. The number of nitrogens with zero attached hydrogens (tertiary/aromatic N) is 4. The first-order chi connectivity index (χ1) is 17.5. The molecule has 0 N–H and O–H groups in total. The molecule has 0 aliphatic carbocycles. The molecule has 1 aromatic heterocycles. The fourth-order valence-corrected chi connectivity index (χ4v) is 7.44. The highest BCUT2D eigenvalue weighted by Gasteiger charge is 2.47. The number of carbonyl (C=O) groups is 3. The number of amides is 3. The van der Waals surface area contributed by atoms with Gasteiger partial charge >= 0.3 is 0 Å². The van der Waals surface area contributed by atoms with Crippen molar-refractivity contribution in [2.24, 2.45) is 5.92 Å². The molecule has 3 atom stereocenters. The number of likely N-dealkylation sites (N-methyl/N-ethyl adjacent to an activating group) is 1. The van der Waals surface area contributed by atoms with E-state index >= 15 is 0 Å². The van der Waals surface area contributed by atoms with Crippen LogP contribution in [-0.4, -0.2) is 116 Å². The van der Waals surface area contributed by atoms with Gasteiger partial charge in [-0.25, -0.2) is 8.42 Å². The van der Waals surface area contributed by atoms with Crippen molar-refractivity contribution in [2.45, 2.75) is 45.2 Å². The van der Waals surface area contributed by atoms with Gasteiger partial charge in [0.15, 0.2) is 0 Å². The molecular formula is C24H37ClN4O6S2. The molecule has 3 amide bonds. The first kappa shape index (κ1) is 29.8. The van der Waals surface area contributed by atoms with Crippen LogP contribution in [0, 0.1) is 5.92 Å². The lowest BCUT2D eigenvalue weighted by molar-refractivity contribution is -0.149. The highest BCUT2D eigenvalue weighted by molar-refractivity contribution is 7.89. The molecule has 2 fully saturated rings. The monoisotopic (exact) mass is 576 g/mol. The minimum atomic E-state index is -3.98. The van der Waals surface area contributed by atoms with Gasteiger partial charge in [0.1, 0.15) is 12.1 Å². The third-order valence-corrected chi connectivity index (χ3v) is 10.1. The lowest BCUT2D eigenvalue weighted by Gasteiger charge is -2.37. The van der Waals surface area contributed by atoms with Gasteiger partial charge in [0.25, 0.3) is 0 Å². The topological polar surface area (TPSA) is 108 Å². The van der Waals surface area contributed by atoms with Crippen molar-refractivity contribution in [1.29, 1.82) is 0 Å². The number of rotatable bonds is 11. The molecule has 13 heteroatoms. The van der Waals surface area contributed by atoms with E-state index in [1.807, 2.05) is 13.8 Å². The van der Waals surface area contributed by atoms with Crippen LogP contribution >= 0.6 is 22.9 Å². The molecule has 3 heterocycles. The molecule has 37 heavy (non-hydrogen) atoms. The van der Waals surface area contributed by atoms with Crippen molar-refractivity contribution in [1.82, 2.24) is 19.0 Å². The fraction of sp³-hybridized carbons (Fsp3) is 0.708. The summed E-state index contributed by atoms with van der Waals surface area (Å²) in [5.74, 6) is -1.36. The SMILES string of the molecule is CC[C@H](C)[C@@H](C(=O)N1CCOCC1)N1CC[C@H](N(CC(=O)N(C)C)S(=O)(=O)CCc2ccc(Cl)s2)C1=O. The van der Waals surface area contributed by atoms with Crippen molar-refractivity contribution in [3.63, 3.8) is 0 Å². The van der Waals surface area contributed by atoms with Crippen LogP contribution in [0.25, 0.3) is 0 Å². The van der Waals surface area contributed by atoms with Gasteiger partial charge in [0.2, 0.25) is 27.7 Å². The number of hydrogen-bond donors (Lipinski definition) is 0. The Labute approximate surface area is 228 Å². The fourth-order valence-electron chi connectivity index (χ4n) is 4.62. The number of aryl methyl sites for hydroxylation is 1.